The van der Waals surface area contributed by atoms with Crippen molar-refractivity contribution in [2.24, 2.45) is 0 Å². The molecule has 0 aliphatic heterocycles. The van der Waals surface area contributed by atoms with E-state index in [1.165, 1.54) is 12.5 Å². The lowest BCUT2D eigenvalue weighted by molar-refractivity contribution is -0.144. The van der Waals surface area contributed by atoms with E-state index in [9.17, 15) is 4.79 Å². The maximum atomic E-state index is 10.7. The summed E-state index contributed by atoms with van der Waals surface area (Å²) in [7, 11) is 0. The standard InChI is InChI=1S/C11H20O2/c1-5-6-7-11(8-9(2)3)13-10(4)12/h8,11H,5-7H2,1-4H3. The van der Waals surface area contributed by atoms with Crippen LogP contribution in [0.1, 0.15) is 47.0 Å². The molecule has 0 amide bonds. The Labute approximate surface area is 81.0 Å². The second kappa shape index (κ2) is 6.70. The molecule has 0 spiro atoms. The number of rotatable bonds is 5. The minimum Gasteiger partial charge on any atom is -0.458 e. The number of carbonyl (C=O) groups excluding carboxylic acids is 1. The lowest BCUT2D eigenvalue weighted by Crippen LogP contribution is -2.13. The summed E-state index contributed by atoms with van der Waals surface area (Å²) in [5, 5.41) is 0. The van der Waals surface area contributed by atoms with Crippen molar-refractivity contribution in [3.63, 3.8) is 0 Å². The predicted octanol–water partition coefficient (Wildman–Crippen LogP) is 3.07. The summed E-state index contributed by atoms with van der Waals surface area (Å²) in [4.78, 5) is 10.7. The number of ether oxygens (including phenoxy) is 1. The first-order valence-corrected chi connectivity index (χ1v) is 4.88. The summed E-state index contributed by atoms with van der Waals surface area (Å²) < 4.78 is 5.15. The molecular formula is C11H20O2. The van der Waals surface area contributed by atoms with Crippen molar-refractivity contribution in [2.45, 2.75) is 53.1 Å². The summed E-state index contributed by atoms with van der Waals surface area (Å²) in [5.41, 5.74) is 1.20. The fraction of sp³-hybridized carbons (Fsp3) is 0.727. The van der Waals surface area contributed by atoms with Crippen LogP contribution in [-0.2, 0) is 9.53 Å². The van der Waals surface area contributed by atoms with Gasteiger partial charge in [-0.3, -0.25) is 4.79 Å². The Kier molecular flexibility index (Phi) is 6.29. The first kappa shape index (κ1) is 12.2. The summed E-state index contributed by atoms with van der Waals surface area (Å²) in [5.74, 6) is -0.196. The molecule has 0 N–H and O–H groups in total. The van der Waals surface area contributed by atoms with Crippen LogP contribution in [0.25, 0.3) is 0 Å². The monoisotopic (exact) mass is 184 g/mol. The highest BCUT2D eigenvalue weighted by Crippen LogP contribution is 2.09. The van der Waals surface area contributed by atoms with Gasteiger partial charge in [0, 0.05) is 6.92 Å². The van der Waals surface area contributed by atoms with Gasteiger partial charge in [0.05, 0.1) is 0 Å². The van der Waals surface area contributed by atoms with Crippen LogP contribution in [0.4, 0.5) is 0 Å². The molecule has 0 fully saturated rings. The zero-order chi connectivity index (χ0) is 10.3. The van der Waals surface area contributed by atoms with Gasteiger partial charge >= 0.3 is 5.97 Å². The van der Waals surface area contributed by atoms with Crippen LogP contribution in [0.2, 0.25) is 0 Å². The zero-order valence-electron chi connectivity index (χ0n) is 9.09. The number of esters is 1. The highest BCUT2D eigenvalue weighted by Gasteiger charge is 2.07. The highest BCUT2D eigenvalue weighted by atomic mass is 16.5. The number of allylic oxidation sites excluding steroid dienone is 1. The van der Waals surface area contributed by atoms with Crippen molar-refractivity contribution in [3.05, 3.63) is 11.6 Å². The minimum atomic E-state index is -0.196. The Morgan fingerprint density at radius 3 is 2.38 bits per heavy atom. The van der Waals surface area contributed by atoms with E-state index >= 15 is 0 Å². The molecule has 1 atom stereocenters. The van der Waals surface area contributed by atoms with Crippen molar-refractivity contribution >= 4 is 5.97 Å². The van der Waals surface area contributed by atoms with E-state index < -0.39 is 0 Å². The van der Waals surface area contributed by atoms with Crippen LogP contribution >= 0.6 is 0 Å². The molecular weight excluding hydrogens is 164 g/mol. The van der Waals surface area contributed by atoms with Gasteiger partial charge in [-0.05, 0) is 32.8 Å². The molecule has 13 heavy (non-hydrogen) atoms. The highest BCUT2D eigenvalue weighted by molar-refractivity contribution is 5.66. The van der Waals surface area contributed by atoms with E-state index in [2.05, 4.69) is 6.92 Å². The minimum absolute atomic E-state index is 0.0255. The smallest absolute Gasteiger partial charge is 0.303 e. The van der Waals surface area contributed by atoms with Crippen molar-refractivity contribution < 1.29 is 9.53 Å². The SMILES string of the molecule is CCCCC(C=C(C)C)OC(C)=O. The zero-order valence-corrected chi connectivity index (χ0v) is 9.09. The fourth-order valence-electron chi connectivity index (χ4n) is 1.17. The van der Waals surface area contributed by atoms with Crippen LogP contribution in [-0.4, -0.2) is 12.1 Å². The number of hydrogen-bond donors (Lipinski definition) is 0. The third kappa shape index (κ3) is 7.57. The second-order valence-electron chi connectivity index (χ2n) is 3.53. The van der Waals surface area contributed by atoms with Crippen molar-refractivity contribution in [3.8, 4) is 0 Å². The number of hydrogen-bond acceptors (Lipinski definition) is 2. The fourth-order valence-corrected chi connectivity index (χ4v) is 1.17. The third-order valence-corrected chi connectivity index (χ3v) is 1.68. The molecule has 76 valence electrons. The molecule has 2 nitrogen and oxygen atoms in total. The quantitative estimate of drug-likeness (QED) is 0.485. The Morgan fingerprint density at radius 1 is 1.38 bits per heavy atom. The summed E-state index contributed by atoms with van der Waals surface area (Å²) >= 11 is 0. The van der Waals surface area contributed by atoms with Crippen molar-refractivity contribution in [2.75, 3.05) is 0 Å². The van der Waals surface area contributed by atoms with E-state index in [0.29, 0.717) is 0 Å². The van der Waals surface area contributed by atoms with Gasteiger partial charge in [0.25, 0.3) is 0 Å². The second-order valence-corrected chi connectivity index (χ2v) is 3.53. The van der Waals surface area contributed by atoms with E-state index in [1.807, 2.05) is 19.9 Å². The predicted molar refractivity (Wildman–Crippen MR) is 54.5 cm³/mol. The molecule has 0 aliphatic rings. The largest absolute Gasteiger partial charge is 0.458 e. The van der Waals surface area contributed by atoms with Gasteiger partial charge in [-0.25, -0.2) is 0 Å². The first-order chi connectivity index (χ1) is 6.06. The summed E-state index contributed by atoms with van der Waals surface area (Å²) in [6, 6.07) is 0. The van der Waals surface area contributed by atoms with Crippen LogP contribution in [0.15, 0.2) is 11.6 Å². The van der Waals surface area contributed by atoms with Gasteiger partial charge in [0.2, 0.25) is 0 Å². The maximum absolute atomic E-state index is 10.7. The molecule has 0 saturated heterocycles. The Morgan fingerprint density at radius 2 is 2.00 bits per heavy atom. The molecule has 0 aromatic heterocycles. The maximum Gasteiger partial charge on any atom is 0.303 e. The molecule has 0 aliphatic carbocycles. The van der Waals surface area contributed by atoms with Gasteiger partial charge in [-0.1, -0.05) is 18.9 Å². The van der Waals surface area contributed by atoms with Crippen LogP contribution in [0, 0.1) is 0 Å². The lowest BCUT2D eigenvalue weighted by Gasteiger charge is -2.12. The van der Waals surface area contributed by atoms with E-state index in [-0.39, 0.29) is 12.1 Å². The lowest BCUT2D eigenvalue weighted by atomic mass is 10.1. The molecule has 2 heteroatoms. The average molecular weight is 184 g/mol. The van der Waals surface area contributed by atoms with Crippen molar-refractivity contribution in [1.29, 1.82) is 0 Å². The molecule has 0 bridgehead atoms. The van der Waals surface area contributed by atoms with E-state index in [4.69, 9.17) is 4.74 Å². The molecule has 0 heterocycles. The van der Waals surface area contributed by atoms with Crippen LogP contribution in [0.3, 0.4) is 0 Å². The summed E-state index contributed by atoms with van der Waals surface area (Å²) in [6.45, 7) is 7.62. The number of carbonyl (C=O) groups is 1. The molecule has 1 unspecified atom stereocenters. The Bertz CT molecular complexity index is 179. The molecule has 0 rings (SSSR count). The van der Waals surface area contributed by atoms with Gasteiger partial charge in [0.15, 0.2) is 0 Å². The normalized spacial score (nSPS) is 12.0. The molecule has 0 aromatic carbocycles. The topological polar surface area (TPSA) is 26.3 Å². The van der Waals surface area contributed by atoms with Gasteiger partial charge in [0.1, 0.15) is 6.10 Å². The van der Waals surface area contributed by atoms with Crippen molar-refractivity contribution in [1.82, 2.24) is 0 Å². The van der Waals surface area contributed by atoms with E-state index in [1.54, 1.807) is 0 Å². The molecule has 0 aromatic rings. The average Bonchev–Trinajstić information content (AvgIpc) is 1.98. The van der Waals surface area contributed by atoms with Gasteiger partial charge < -0.3 is 4.74 Å². The Hall–Kier alpha value is -0.790. The van der Waals surface area contributed by atoms with Gasteiger partial charge in [-0.15, -0.1) is 0 Å². The summed E-state index contributed by atoms with van der Waals surface area (Å²) in [6.07, 6.45) is 5.15. The van der Waals surface area contributed by atoms with Crippen LogP contribution < -0.4 is 0 Å². The molecule has 0 radical (unpaired) electrons. The molecule has 0 saturated carbocycles. The third-order valence-electron chi connectivity index (χ3n) is 1.68. The Balaban J connectivity index is 4.03. The first-order valence-electron chi connectivity index (χ1n) is 4.88. The van der Waals surface area contributed by atoms with E-state index in [0.717, 1.165) is 19.3 Å². The van der Waals surface area contributed by atoms with Crippen LogP contribution in [0.5, 0.6) is 0 Å². The number of unbranched alkanes of at least 4 members (excludes halogenated alkanes) is 1. The van der Waals surface area contributed by atoms with Gasteiger partial charge in [-0.2, -0.15) is 0 Å².